The summed E-state index contributed by atoms with van der Waals surface area (Å²) in [5.41, 5.74) is 4.66. The number of aliphatic carboxylic acids is 1. The summed E-state index contributed by atoms with van der Waals surface area (Å²) in [7, 11) is 0. The number of benzene rings is 3. The standard InChI is InChI=1S/C32H32ClNO3S/c1-4-22(31(35)36)20-38-30(25-9-6-10-26(18-25)32(2,3)37)24-8-5-7-21(17-24)11-15-28-16-13-23-12-14-27(33)19-29(23)34-28/h5-19,22,30,37H,4,20H2,1-3H3,(H,35,36)/b15-11+/t22-,30?/m1/s1. The Labute approximate surface area is 233 Å². The highest BCUT2D eigenvalue weighted by atomic mass is 35.5. The number of pyridine rings is 1. The van der Waals surface area contributed by atoms with E-state index in [4.69, 9.17) is 16.6 Å². The molecule has 38 heavy (non-hydrogen) atoms. The first kappa shape index (κ1) is 27.9. The van der Waals surface area contributed by atoms with Gasteiger partial charge in [-0.05, 0) is 66.8 Å². The molecule has 1 aromatic heterocycles. The molecule has 2 atom stereocenters. The number of rotatable bonds is 10. The Kier molecular flexibility index (Phi) is 8.93. The SMILES string of the molecule is CC[C@H](CSC(c1cccc(/C=C/c2ccc3ccc(Cl)cc3n2)c1)c1cccc(C(C)(C)O)c1)C(=O)O. The lowest BCUT2D eigenvalue weighted by Crippen LogP contribution is -2.17. The van der Waals surface area contributed by atoms with Crippen molar-refractivity contribution in [1.82, 2.24) is 4.98 Å². The second-order valence-electron chi connectivity index (χ2n) is 9.92. The van der Waals surface area contributed by atoms with Crippen molar-refractivity contribution < 1.29 is 15.0 Å². The van der Waals surface area contributed by atoms with Crippen LogP contribution in [0.5, 0.6) is 0 Å². The minimum absolute atomic E-state index is 0.0833. The zero-order valence-corrected chi connectivity index (χ0v) is 23.3. The molecule has 0 radical (unpaired) electrons. The second kappa shape index (κ2) is 12.2. The van der Waals surface area contributed by atoms with Crippen LogP contribution in [0.4, 0.5) is 0 Å². The van der Waals surface area contributed by atoms with Gasteiger partial charge in [-0.25, -0.2) is 4.98 Å². The molecule has 0 saturated carbocycles. The van der Waals surface area contributed by atoms with E-state index in [1.54, 1.807) is 25.6 Å². The maximum absolute atomic E-state index is 11.7. The summed E-state index contributed by atoms with van der Waals surface area (Å²) in [5, 5.41) is 21.8. The van der Waals surface area contributed by atoms with Crippen LogP contribution in [-0.2, 0) is 10.4 Å². The van der Waals surface area contributed by atoms with Crippen LogP contribution < -0.4 is 0 Å². The molecule has 4 nitrogen and oxygen atoms in total. The summed E-state index contributed by atoms with van der Waals surface area (Å²) in [6.45, 7) is 5.45. The Morgan fingerprint density at radius 1 is 1.00 bits per heavy atom. The molecule has 0 aliphatic heterocycles. The van der Waals surface area contributed by atoms with E-state index in [1.165, 1.54) is 0 Å². The van der Waals surface area contributed by atoms with Crippen LogP contribution >= 0.6 is 23.4 Å². The van der Waals surface area contributed by atoms with Crippen LogP contribution in [0.15, 0.2) is 78.9 Å². The molecule has 0 aliphatic carbocycles. The van der Waals surface area contributed by atoms with Crippen LogP contribution in [0.1, 0.15) is 60.4 Å². The molecule has 3 aromatic carbocycles. The Morgan fingerprint density at radius 3 is 2.42 bits per heavy atom. The van der Waals surface area contributed by atoms with Gasteiger partial charge < -0.3 is 10.2 Å². The van der Waals surface area contributed by atoms with Gasteiger partial charge in [0.1, 0.15) is 0 Å². The monoisotopic (exact) mass is 545 g/mol. The molecule has 4 aromatic rings. The summed E-state index contributed by atoms with van der Waals surface area (Å²) in [4.78, 5) is 16.4. The molecule has 0 saturated heterocycles. The zero-order chi connectivity index (χ0) is 27.3. The van der Waals surface area contributed by atoms with Gasteiger partial charge in [-0.15, -0.1) is 11.8 Å². The molecule has 0 fully saturated rings. The first-order valence-electron chi connectivity index (χ1n) is 12.7. The minimum Gasteiger partial charge on any atom is -0.481 e. The third-order valence-corrected chi connectivity index (χ3v) is 8.25. The number of carboxylic acids is 1. The predicted molar refractivity (Wildman–Crippen MR) is 160 cm³/mol. The van der Waals surface area contributed by atoms with Gasteiger partial charge in [-0.2, -0.15) is 0 Å². The number of thioether (sulfide) groups is 1. The van der Waals surface area contributed by atoms with E-state index in [1.807, 2.05) is 85.8 Å². The van der Waals surface area contributed by atoms with E-state index in [9.17, 15) is 15.0 Å². The summed E-state index contributed by atoms with van der Waals surface area (Å²) in [6.07, 6.45) is 4.59. The number of hydrogen-bond donors (Lipinski definition) is 2. The largest absolute Gasteiger partial charge is 0.481 e. The number of nitrogens with zero attached hydrogens (tertiary/aromatic N) is 1. The zero-order valence-electron chi connectivity index (χ0n) is 21.8. The maximum Gasteiger partial charge on any atom is 0.307 e. The summed E-state index contributed by atoms with van der Waals surface area (Å²) >= 11 is 7.76. The fourth-order valence-electron chi connectivity index (χ4n) is 4.25. The third kappa shape index (κ3) is 7.04. The number of fused-ring (bicyclic) bond motifs is 1. The van der Waals surface area contributed by atoms with Crippen molar-refractivity contribution in [3.8, 4) is 0 Å². The molecule has 6 heteroatoms. The number of hydrogen-bond acceptors (Lipinski definition) is 4. The smallest absolute Gasteiger partial charge is 0.307 e. The van der Waals surface area contributed by atoms with Gasteiger partial charge in [0, 0.05) is 16.2 Å². The van der Waals surface area contributed by atoms with E-state index in [0.29, 0.717) is 17.2 Å². The average Bonchev–Trinajstić information content (AvgIpc) is 2.89. The predicted octanol–water partition coefficient (Wildman–Crippen LogP) is 8.22. The lowest BCUT2D eigenvalue weighted by molar-refractivity contribution is -0.140. The lowest BCUT2D eigenvalue weighted by Gasteiger charge is -2.23. The highest BCUT2D eigenvalue weighted by Gasteiger charge is 2.23. The van der Waals surface area contributed by atoms with Gasteiger partial charge >= 0.3 is 5.97 Å². The molecular formula is C32H32ClNO3S. The van der Waals surface area contributed by atoms with Gasteiger partial charge in [0.25, 0.3) is 0 Å². The van der Waals surface area contributed by atoms with E-state index in [0.717, 1.165) is 38.9 Å². The van der Waals surface area contributed by atoms with Gasteiger partial charge in [-0.1, -0.05) is 85.3 Å². The molecule has 0 spiro atoms. The van der Waals surface area contributed by atoms with Crippen LogP contribution in [0.25, 0.3) is 23.1 Å². The lowest BCUT2D eigenvalue weighted by atomic mass is 9.94. The highest BCUT2D eigenvalue weighted by Crippen LogP contribution is 2.39. The minimum atomic E-state index is -0.972. The molecule has 2 N–H and O–H groups in total. The Balaban J connectivity index is 1.66. The molecule has 0 bridgehead atoms. The van der Waals surface area contributed by atoms with Crippen molar-refractivity contribution in [1.29, 1.82) is 0 Å². The number of halogens is 1. The van der Waals surface area contributed by atoms with Crippen LogP contribution in [0.3, 0.4) is 0 Å². The Morgan fingerprint density at radius 2 is 1.71 bits per heavy atom. The van der Waals surface area contributed by atoms with Gasteiger partial charge in [-0.3, -0.25) is 4.79 Å². The van der Waals surface area contributed by atoms with E-state index < -0.39 is 17.5 Å². The molecule has 0 aliphatic rings. The quantitative estimate of drug-likeness (QED) is 0.210. The van der Waals surface area contributed by atoms with Crippen molar-refractivity contribution in [2.45, 2.75) is 38.0 Å². The third-order valence-electron chi connectivity index (χ3n) is 6.54. The van der Waals surface area contributed by atoms with Crippen molar-refractivity contribution >= 4 is 52.4 Å². The fraction of sp³-hybridized carbons (Fsp3) is 0.250. The summed E-state index contributed by atoms with van der Waals surface area (Å²) in [5.74, 6) is -0.701. The summed E-state index contributed by atoms with van der Waals surface area (Å²) < 4.78 is 0. The number of carboxylic acid groups (broad SMARTS) is 1. The highest BCUT2D eigenvalue weighted by molar-refractivity contribution is 7.99. The molecular weight excluding hydrogens is 514 g/mol. The van der Waals surface area contributed by atoms with Gasteiger partial charge in [0.2, 0.25) is 0 Å². The Hall–Kier alpha value is -3.12. The molecule has 1 unspecified atom stereocenters. The van der Waals surface area contributed by atoms with Crippen LogP contribution in [0, 0.1) is 5.92 Å². The van der Waals surface area contributed by atoms with Crippen molar-refractivity contribution in [2.75, 3.05) is 5.75 Å². The van der Waals surface area contributed by atoms with E-state index in [2.05, 4.69) is 12.1 Å². The molecule has 196 valence electrons. The average molecular weight is 546 g/mol. The van der Waals surface area contributed by atoms with Crippen LogP contribution in [0.2, 0.25) is 5.02 Å². The maximum atomic E-state index is 11.7. The van der Waals surface area contributed by atoms with Gasteiger partial charge in [0.05, 0.1) is 28.0 Å². The number of carbonyl (C=O) groups is 1. The normalized spacial score (nSPS) is 13.6. The molecule has 4 rings (SSSR count). The fourth-order valence-corrected chi connectivity index (χ4v) is 5.90. The first-order chi connectivity index (χ1) is 18.1. The topological polar surface area (TPSA) is 70.4 Å². The molecule has 1 heterocycles. The Bertz CT molecular complexity index is 1460. The first-order valence-corrected chi connectivity index (χ1v) is 14.1. The summed E-state index contributed by atoms with van der Waals surface area (Å²) in [6, 6.07) is 25.9. The second-order valence-corrected chi connectivity index (χ2v) is 11.5. The van der Waals surface area contributed by atoms with Crippen LogP contribution in [-0.4, -0.2) is 26.9 Å². The van der Waals surface area contributed by atoms with Crippen molar-refractivity contribution in [2.24, 2.45) is 5.92 Å². The van der Waals surface area contributed by atoms with E-state index >= 15 is 0 Å². The number of aromatic nitrogens is 1. The molecule has 0 amide bonds. The van der Waals surface area contributed by atoms with E-state index in [-0.39, 0.29) is 5.25 Å². The van der Waals surface area contributed by atoms with Crippen molar-refractivity contribution in [3.63, 3.8) is 0 Å². The number of aliphatic hydroxyl groups is 1. The van der Waals surface area contributed by atoms with Gasteiger partial charge in [0.15, 0.2) is 0 Å². The van der Waals surface area contributed by atoms with Crippen molar-refractivity contribution in [3.05, 3.63) is 112 Å².